The van der Waals surface area contributed by atoms with Crippen LogP contribution < -0.4 is 0 Å². The maximum absolute atomic E-state index is 8.82. The Balaban J connectivity index is 1.83. The Morgan fingerprint density at radius 2 is 1.64 bits per heavy atom. The average molecular weight is 292 g/mol. The van der Waals surface area contributed by atoms with E-state index < -0.39 is 0 Å². The van der Waals surface area contributed by atoms with Crippen molar-refractivity contribution in [2.75, 3.05) is 0 Å². The van der Waals surface area contributed by atoms with Gasteiger partial charge in [0.2, 0.25) is 0 Å². The first-order chi connectivity index (χ1) is 10.8. The van der Waals surface area contributed by atoms with Gasteiger partial charge in [-0.2, -0.15) is 5.26 Å². The van der Waals surface area contributed by atoms with E-state index in [1.807, 2.05) is 30.5 Å². The van der Waals surface area contributed by atoms with Gasteiger partial charge in [-0.25, -0.2) is 0 Å². The van der Waals surface area contributed by atoms with Gasteiger partial charge in [0, 0.05) is 11.8 Å². The van der Waals surface area contributed by atoms with Gasteiger partial charge in [0.05, 0.1) is 17.3 Å². The van der Waals surface area contributed by atoms with Crippen molar-refractivity contribution in [3.8, 4) is 17.3 Å². The summed E-state index contributed by atoms with van der Waals surface area (Å²) in [5.74, 6) is 0. The van der Waals surface area contributed by atoms with Crippen molar-refractivity contribution in [1.29, 1.82) is 5.26 Å². The van der Waals surface area contributed by atoms with Gasteiger partial charge < -0.3 is 0 Å². The molecule has 0 aliphatic carbocycles. The van der Waals surface area contributed by atoms with Crippen LogP contribution in [-0.2, 0) is 6.42 Å². The number of hydrogen-bond donors (Lipinski definition) is 0. The molecule has 2 nitrogen and oxygen atoms in total. The average Bonchev–Trinajstić information content (AvgIpc) is 2.59. The highest BCUT2D eigenvalue weighted by Crippen LogP contribution is 2.18. The molecule has 0 N–H and O–H groups in total. The molecule has 0 fully saturated rings. The van der Waals surface area contributed by atoms with E-state index in [0.717, 1.165) is 17.7 Å². The van der Waals surface area contributed by atoms with Crippen LogP contribution in [0.25, 0.3) is 11.3 Å². The van der Waals surface area contributed by atoms with Crippen LogP contribution in [-0.4, -0.2) is 4.98 Å². The molecule has 0 aliphatic heterocycles. The fourth-order valence-electron chi connectivity index (χ4n) is 2.57. The summed E-state index contributed by atoms with van der Waals surface area (Å²) in [7, 11) is 0. The molecule has 0 saturated heterocycles. The minimum Gasteiger partial charge on any atom is -0.256 e. The van der Waals surface area contributed by atoms with Crippen LogP contribution in [0.15, 0.2) is 42.6 Å². The third-order valence-corrected chi connectivity index (χ3v) is 3.95. The number of nitrogens with zero attached hydrogens (tertiary/aromatic N) is 2. The highest BCUT2D eigenvalue weighted by Gasteiger charge is 2.00. The van der Waals surface area contributed by atoms with Crippen molar-refractivity contribution < 1.29 is 0 Å². The van der Waals surface area contributed by atoms with Crippen molar-refractivity contribution in [2.24, 2.45) is 0 Å². The molecule has 0 atom stereocenters. The van der Waals surface area contributed by atoms with Gasteiger partial charge in [-0.15, -0.1) is 0 Å². The largest absolute Gasteiger partial charge is 0.256 e. The van der Waals surface area contributed by atoms with Gasteiger partial charge in [-0.1, -0.05) is 57.2 Å². The smallest absolute Gasteiger partial charge is 0.0991 e. The Kier molecular flexibility index (Phi) is 6.64. The highest BCUT2D eigenvalue weighted by atomic mass is 14.7. The Hall–Kier alpha value is -2.14. The minimum atomic E-state index is 0.684. The van der Waals surface area contributed by atoms with E-state index in [1.54, 1.807) is 0 Å². The molecule has 114 valence electrons. The maximum atomic E-state index is 8.82. The molecule has 0 aliphatic rings. The molecule has 0 spiro atoms. The van der Waals surface area contributed by atoms with Crippen LogP contribution in [0.3, 0.4) is 0 Å². The van der Waals surface area contributed by atoms with Gasteiger partial charge in [-0.3, -0.25) is 4.98 Å². The van der Waals surface area contributed by atoms with Crippen molar-refractivity contribution in [3.63, 3.8) is 0 Å². The van der Waals surface area contributed by atoms with Crippen LogP contribution in [0.5, 0.6) is 0 Å². The molecule has 2 heteroatoms. The number of unbranched alkanes of at least 4 members (excludes halogenated alkanes) is 5. The number of nitriles is 1. The van der Waals surface area contributed by atoms with Crippen LogP contribution in [0.4, 0.5) is 0 Å². The number of rotatable bonds is 8. The summed E-state index contributed by atoms with van der Waals surface area (Å²) in [6.07, 6.45) is 11.1. The second-order valence-corrected chi connectivity index (χ2v) is 5.76. The monoisotopic (exact) mass is 292 g/mol. The number of aromatic nitrogens is 1. The highest BCUT2D eigenvalue weighted by molar-refractivity contribution is 5.60. The SMILES string of the molecule is CCCCCCCCc1ccc(-c2ccc(C#N)cc2)nc1. The van der Waals surface area contributed by atoms with E-state index in [9.17, 15) is 0 Å². The van der Waals surface area contributed by atoms with Gasteiger partial charge in [0.25, 0.3) is 0 Å². The summed E-state index contributed by atoms with van der Waals surface area (Å²) in [4.78, 5) is 4.55. The topological polar surface area (TPSA) is 36.7 Å². The quantitative estimate of drug-likeness (QED) is 0.600. The van der Waals surface area contributed by atoms with Gasteiger partial charge in [0.15, 0.2) is 0 Å². The lowest BCUT2D eigenvalue weighted by Crippen LogP contribution is -1.90. The molecular weight excluding hydrogens is 268 g/mol. The Bertz CT molecular complexity index is 591. The predicted octanol–water partition coefficient (Wildman–Crippen LogP) is 5.52. The first-order valence-electron chi connectivity index (χ1n) is 8.29. The molecule has 2 aromatic rings. The fourth-order valence-corrected chi connectivity index (χ4v) is 2.57. The predicted molar refractivity (Wildman–Crippen MR) is 91.5 cm³/mol. The zero-order valence-electron chi connectivity index (χ0n) is 13.4. The first kappa shape index (κ1) is 16.2. The molecule has 2 rings (SSSR count). The summed E-state index contributed by atoms with van der Waals surface area (Å²) in [5.41, 5.74) is 4.03. The molecular formula is C20H24N2. The zero-order chi connectivity index (χ0) is 15.6. The first-order valence-corrected chi connectivity index (χ1v) is 8.29. The fraction of sp³-hybridized carbons (Fsp3) is 0.400. The lowest BCUT2D eigenvalue weighted by atomic mass is 10.0. The maximum Gasteiger partial charge on any atom is 0.0991 e. The van der Waals surface area contributed by atoms with Crippen molar-refractivity contribution >= 4 is 0 Å². The summed E-state index contributed by atoms with van der Waals surface area (Å²) >= 11 is 0. The Labute approximate surface area is 133 Å². The number of aryl methyl sites for hydroxylation is 1. The van der Waals surface area contributed by atoms with Gasteiger partial charge in [-0.05, 0) is 36.6 Å². The molecule has 0 saturated carbocycles. The van der Waals surface area contributed by atoms with Gasteiger partial charge >= 0.3 is 0 Å². The molecule has 1 aromatic carbocycles. The Morgan fingerprint density at radius 3 is 2.27 bits per heavy atom. The minimum absolute atomic E-state index is 0.684. The van der Waals surface area contributed by atoms with Gasteiger partial charge in [0.1, 0.15) is 0 Å². The number of hydrogen-bond acceptors (Lipinski definition) is 2. The molecule has 1 aromatic heterocycles. The van der Waals surface area contributed by atoms with E-state index in [-0.39, 0.29) is 0 Å². The van der Waals surface area contributed by atoms with Crippen LogP contribution in [0.1, 0.15) is 56.6 Å². The molecule has 0 radical (unpaired) electrons. The second kappa shape index (κ2) is 9.00. The summed E-state index contributed by atoms with van der Waals surface area (Å²) < 4.78 is 0. The number of pyridine rings is 1. The normalized spacial score (nSPS) is 10.4. The Morgan fingerprint density at radius 1 is 0.909 bits per heavy atom. The van der Waals surface area contributed by atoms with Crippen molar-refractivity contribution in [2.45, 2.75) is 51.9 Å². The summed E-state index contributed by atoms with van der Waals surface area (Å²) in [6.45, 7) is 2.25. The third-order valence-electron chi connectivity index (χ3n) is 3.95. The standard InChI is InChI=1S/C20H24N2/c1-2-3-4-5-6-7-8-18-11-14-20(22-16-18)19-12-9-17(15-21)10-13-19/h9-14,16H,2-8H2,1H3. The molecule has 0 unspecified atom stereocenters. The van der Waals surface area contributed by atoms with E-state index >= 15 is 0 Å². The second-order valence-electron chi connectivity index (χ2n) is 5.76. The van der Waals surface area contributed by atoms with Crippen LogP contribution in [0, 0.1) is 11.3 Å². The molecule has 22 heavy (non-hydrogen) atoms. The summed E-state index contributed by atoms with van der Waals surface area (Å²) in [6, 6.07) is 14.0. The van der Waals surface area contributed by atoms with Crippen molar-refractivity contribution in [1.82, 2.24) is 4.98 Å². The molecule has 1 heterocycles. The third kappa shape index (κ3) is 5.00. The van der Waals surface area contributed by atoms with E-state index in [4.69, 9.17) is 5.26 Å². The molecule has 0 bridgehead atoms. The van der Waals surface area contributed by atoms with Crippen molar-refractivity contribution in [3.05, 3.63) is 53.7 Å². The number of benzene rings is 1. The van der Waals surface area contributed by atoms with Crippen LogP contribution in [0.2, 0.25) is 0 Å². The lowest BCUT2D eigenvalue weighted by Gasteiger charge is -2.04. The zero-order valence-corrected chi connectivity index (χ0v) is 13.4. The van der Waals surface area contributed by atoms with Crippen LogP contribution >= 0.6 is 0 Å². The van der Waals surface area contributed by atoms with E-state index in [1.165, 1.54) is 44.1 Å². The molecule has 0 amide bonds. The summed E-state index contributed by atoms with van der Waals surface area (Å²) in [5, 5.41) is 8.82. The van der Waals surface area contributed by atoms with E-state index in [0.29, 0.717) is 5.56 Å². The lowest BCUT2D eigenvalue weighted by molar-refractivity contribution is 0.607. The van der Waals surface area contributed by atoms with E-state index in [2.05, 4.69) is 30.1 Å².